The zero-order valence-corrected chi connectivity index (χ0v) is 16.9. The first-order chi connectivity index (χ1) is 12.7. The van der Waals surface area contributed by atoms with Crippen molar-refractivity contribution in [1.29, 1.82) is 0 Å². The molecule has 4 heteroatoms. The summed E-state index contributed by atoms with van der Waals surface area (Å²) in [5, 5.41) is 3.52. The Hall–Kier alpha value is -1.55. The number of hydrogen-bond acceptors (Lipinski definition) is 2. The van der Waals surface area contributed by atoms with Crippen molar-refractivity contribution in [3.63, 3.8) is 0 Å². The monoisotopic (exact) mass is 356 g/mol. The largest absolute Gasteiger partial charge is 0.357 e. The number of rotatable bonds is 6. The van der Waals surface area contributed by atoms with Crippen LogP contribution in [0.15, 0.2) is 29.3 Å². The number of likely N-dealkylation sites (tertiary alicyclic amines) is 2. The minimum atomic E-state index is 0.451. The lowest BCUT2D eigenvalue weighted by atomic mass is 10.0. The normalized spacial score (nSPS) is 22.8. The molecule has 0 aliphatic carbocycles. The van der Waals surface area contributed by atoms with Gasteiger partial charge < -0.3 is 15.1 Å². The zero-order valence-electron chi connectivity index (χ0n) is 16.9. The molecule has 2 saturated heterocycles. The summed E-state index contributed by atoms with van der Waals surface area (Å²) in [5.41, 5.74) is 2.70. The highest BCUT2D eigenvalue weighted by Crippen LogP contribution is 2.21. The predicted molar refractivity (Wildman–Crippen MR) is 111 cm³/mol. The average Bonchev–Trinajstić information content (AvgIpc) is 3.31. The number of guanidine groups is 1. The minimum absolute atomic E-state index is 0.451. The molecule has 2 aliphatic heterocycles. The van der Waals surface area contributed by atoms with Crippen LogP contribution in [0.5, 0.6) is 0 Å². The van der Waals surface area contributed by atoms with Gasteiger partial charge in [0.25, 0.3) is 0 Å². The molecular formula is C22H36N4. The number of benzene rings is 1. The first kappa shape index (κ1) is 19.2. The van der Waals surface area contributed by atoms with E-state index in [9.17, 15) is 0 Å². The minimum Gasteiger partial charge on any atom is -0.357 e. The van der Waals surface area contributed by atoms with Gasteiger partial charge in [0.05, 0.1) is 0 Å². The number of nitrogens with one attached hydrogen (secondary N) is 1. The molecule has 0 bridgehead atoms. The maximum atomic E-state index is 4.98. The van der Waals surface area contributed by atoms with Crippen molar-refractivity contribution in [1.82, 2.24) is 15.1 Å². The number of hydrogen-bond donors (Lipinski definition) is 1. The topological polar surface area (TPSA) is 30.9 Å². The summed E-state index contributed by atoms with van der Waals surface area (Å²) < 4.78 is 0. The summed E-state index contributed by atoms with van der Waals surface area (Å²) in [6, 6.07) is 8.88. The molecule has 2 heterocycles. The Balaban J connectivity index is 1.55. The van der Waals surface area contributed by atoms with E-state index in [1.165, 1.54) is 50.0 Å². The SMILES string of the molecule is CCNC(=NCC(C)c1ccc(C)cc1)N1CCC(CN2CCCC2)C1. The quantitative estimate of drug-likeness (QED) is 0.625. The molecule has 1 aromatic carbocycles. The van der Waals surface area contributed by atoms with Crippen molar-refractivity contribution in [3.05, 3.63) is 35.4 Å². The fourth-order valence-electron chi connectivity index (χ4n) is 4.15. The lowest BCUT2D eigenvalue weighted by Crippen LogP contribution is -2.41. The van der Waals surface area contributed by atoms with E-state index < -0.39 is 0 Å². The highest BCUT2D eigenvalue weighted by Gasteiger charge is 2.27. The van der Waals surface area contributed by atoms with Gasteiger partial charge in [-0.15, -0.1) is 0 Å². The first-order valence-electron chi connectivity index (χ1n) is 10.5. The van der Waals surface area contributed by atoms with Crippen LogP contribution >= 0.6 is 0 Å². The third-order valence-electron chi connectivity index (χ3n) is 5.80. The third kappa shape index (κ3) is 5.23. The molecule has 0 aromatic heterocycles. The Kier molecular flexibility index (Phi) is 6.95. The second kappa shape index (κ2) is 9.40. The van der Waals surface area contributed by atoms with Crippen LogP contribution in [0.3, 0.4) is 0 Å². The number of aryl methyl sites for hydroxylation is 1. The molecule has 2 atom stereocenters. The predicted octanol–water partition coefficient (Wildman–Crippen LogP) is 3.48. The number of aliphatic imine (C=N–C) groups is 1. The van der Waals surface area contributed by atoms with Crippen LogP contribution in [0.1, 0.15) is 50.2 Å². The van der Waals surface area contributed by atoms with Gasteiger partial charge in [-0.2, -0.15) is 0 Å². The Labute approximate surface area is 159 Å². The molecule has 1 N–H and O–H groups in total. The maximum Gasteiger partial charge on any atom is 0.193 e. The zero-order chi connectivity index (χ0) is 18.4. The molecule has 0 saturated carbocycles. The lowest BCUT2D eigenvalue weighted by Gasteiger charge is -2.24. The molecule has 0 amide bonds. The summed E-state index contributed by atoms with van der Waals surface area (Å²) in [6.45, 7) is 14.5. The van der Waals surface area contributed by atoms with Crippen LogP contribution in [0.2, 0.25) is 0 Å². The Bertz CT molecular complexity index is 574. The molecule has 0 spiro atoms. The molecule has 26 heavy (non-hydrogen) atoms. The smallest absolute Gasteiger partial charge is 0.193 e. The van der Waals surface area contributed by atoms with Gasteiger partial charge in [-0.25, -0.2) is 0 Å². The summed E-state index contributed by atoms with van der Waals surface area (Å²) in [5.74, 6) is 2.36. The van der Waals surface area contributed by atoms with Crippen LogP contribution in [0.25, 0.3) is 0 Å². The van der Waals surface area contributed by atoms with Crippen molar-refractivity contribution in [2.75, 3.05) is 45.8 Å². The maximum absolute atomic E-state index is 4.98. The number of nitrogens with zero attached hydrogens (tertiary/aromatic N) is 3. The summed E-state index contributed by atoms with van der Waals surface area (Å²) in [4.78, 5) is 10.1. The Morgan fingerprint density at radius 2 is 1.92 bits per heavy atom. The van der Waals surface area contributed by atoms with Gasteiger partial charge in [0.2, 0.25) is 0 Å². The van der Waals surface area contributed by atoms with Crippen molar-refractivity contribution in [2.45, 2.75) is 46.0 Å². The first-order valence-corrected chi connectivity index (χ1v) is 10.5. The fourth-order valence-corrected chi connectivity index (χ4v) is 4.15. The van der Waals surface area contributed by atoms with Crippen LogP contribution in [0.4, 0.5) is 0 Å². The Morgan fingerprint density at radius 3 is 2.62 bits per heavy atom. The van der Waals surface area contributed by atoms with Crippen LogP contribution in [-0.2, 0) is 0 Å². The highest BCUT2D eigenvalue weighted by molar-refractivity contribution is 5.80. The molecular weight excluding hydrogens is 320 g/mol. The van der Waals surface area contributed by atoms with Crippen molar-refractivity contribution >= 4 is 5.96 Å². The van der Waals surface area contributed by atoms with E-state index in [1.807, 2.05) is 0 Å². The summed E-state index contributed by atoms with van der Waals surface area (Å²) in [7, 11) is 0. The van der Waals surface area contributed by atoms with Crippen LogP contribution in [0, 0.1) is 12.8 Å². The van der Waals surface area contributed by atoms with Crippen molar-refractivity contribution < 1.29 is 0 Å². The van der Waals surface area contributed by atoms with Crippen molar-refractivity contribution in [2.24, 2.45) is 10.9 Å². The van der Waals surface area contributed by atoms with Crippen LogP contribution in [-0.4, -0.2) is 61.6 Å². The van der Waals surface area contributed by atoms with E-state index in [1.54, 1.807) is 0 Å². The average molecular weight is 357 g/mol. The molecule has 4 nitrogen and oxygen atoms in total. The molecule has 2 fully saturated rings. The second-order valence-corrected chi connectivity index (χ2v) is 8.11. The van der Waals surface area contributed by atoms with Gasteiger partial charge in [-0.1, -0.05) is 36.8 Å². The van der Waals surface area contributed by atoms with E-state index >= 15 is 0 Å². The van der Waals surface area contributed by atoms with E-state index in [0.29, 0.717) is 5.92 Å². The summed E-state index contributed by atoms with van der Waals surface area (Å²) in [6.07, 6.45) is 4.07. The van der Waals surface area contributed by atoms with Crippen molar-refractivity contribution in [3.8, 4) is 0 Å². The van der Waals surface area contributed by atoms with Gasteiger partial charge in [0, 0.05) is 38.6 Å². The van der Waals surface area contributed by atoms with E-state index in [4.69, 9.17) is 4.99 Å². The van der Waals surface area contributed by atoms with E-state index in [-0.39, 0.29) is 0 Å². The molecule has 3 rings (SSSR count). The molecule has 0 radical (unpaired) electrons. The second-order valence-electron chi connectivity index (χ2n) is 8.11. The molecule has 1 aromatic rings. The third-order valence-corrected chi connectivity index (χ3v) is 5.80. The highest BCUT2D eigenvalue weighted by atomic mass is 15.3. The van der Waals surface area contributed by atoms with E-state index in [2.05, 4.69) is 60.2 Å². The van der Waals surface area contributed by atoms with E-state index in [0.717, 1.165) is 38.1 Å². The molecule has 2 unspecified atom stereocenters. The van der Waals surface area contributed by atoms with Gasteiger partial charge >= 0.3 is 0 Å². The van der Waals surface area contributed by atoms with Gasteiger partial charge in [0.15, 0.2) is 5.96 Å². The standard InChI is InChI=1S/C22H36N4/c1-4-23-22(24-15-19(3)21-9-7-18(2)8-10-21)26-14-11-20(17-26)16-25-12-5-6-13-25/h7-10,19-20H,4-6,11-17H2,1-3H3,(H,23,24). The Morgan fingerprint density at radius 1 is 1.19 bits per heavy atom. The molecule has 2 aliphatic rings. The molecule has 144 valence electrons. The van der Waals surface area contributed by atoms with Crippen LogP contribution < -0.4 is 5.32 Å². The van der Waals surface area contributed by atoms with Gasteiger partial charge in [-0.3, -0.25) is 4.99 Å². The fraction of sp³-hybridized carbons (Fsp3) is 0.682. The van der Waals surface area contributed by atoms with Gasteiger partial charge in [0.1, 0.15) is 0 Å². The lowest BCUT2D eigenvalue weighted by molar-refractivity contribution is 0.281. The van der Waals surface area contributed by atoms with Gasteiger partial charge in [-0.05, 0) is 57.7 Å². The summed E-state index contributed by atoms with van der Waals surface area (Å²) >= 11 is 0.